The highest BCUT2D eigenvalue weighted by Crippen LogP contribution is 2.14. The van der Waals surface area contributed by atoms with Crippen LogP contribution in [0.4, 0.5) is 0 Å². The fraction of sp³-hybridized carbons (Fsp3) is 0.818. The number of unbranched alkanes of at least 4 members (excludes halogenated alkanes) is 14. The van der Waals surface area contributed by atoms with E-state index in [9.17, 15) is 0 Å². The average molecular weight is 339 g/mol. The van der Waals surface area contributed by atoms with Gasteiger partial charge in [-0.15, -0.1) is 13.2 Å². The minimum Gasteiger partial charge on any atom is -0.162 e. The Balaban J connectivity index is 2.94. The molecule has 0 rings (SSSR count). The van der Waals surface area contributed by atoms with Gasteiger partial charge in [-0.1, -0.05) is 76.4 Å². The third kappa shape index (κ3) is 21.8. The first-order chi connectivity index (χ1) is 11.4. The van der Waals surface area contributed by atoms with Crippen LogP contribution >= 0.6 is 11.8 Å². The number of allylic oxidation sites excluding steroid dienone is 2. The van der Waals surface area contributed by atoms with Gasteiger partial charge in [0, 0.05) is 0 Å². The van der Waals surface area contributed by atoms with Gasteiger partial charge in [0.25, 0.3) is 0 Å². The molecule has 0 bridgehead atoms. The van der Waals surface area contributed by atoms with E-state index in [0.717, 1.165) is 0 Å². The summed E-state index contributed by atoms with van der Waals surface area (Å²) in [5.74, 6) is 2.77. The smallest absolute Gasteiger partial charge is 0.00675 e. The summed E-state index contributed by atoms with van der Waals surface area (Å²) in [5, 5.41) is 0. The molecule has 0 radical (unpaired) electrons. The van der Waals surface area contributed by atoms with Crippen LogP contribution in [0.5, 0.6) is 0 Å². The molecule has 0 N–H and O–H groups in total. The Hall–Kier alpha value is -0.170. The lowest BCUT2D eigenvalue weighted by Crippen LogP contribution is -1.87. The normalized spacial score (nSPS) is 10.8. The highest BCUT2D eigenvalue weighted by Gasteiger charge is 1.94. The van der Waals surface area contributed by atoms with Crippen molar-refractivity contribution >= 4 is 11.8 Å². The second-order valence-electron chi connectivity index (χ2n) is 6.72. The first kappa shape index (κ1) is 22.8. The Bertz CT molecular complexity index is 210. The second kappa shape index (κ2) is 21.8. The number of thioether (sulfide) groups is 1. The maximum absolute atomic E-state index is 3.77. The Morgan fingerprint density at radius 1 is 0.435 bits per heavy atom. The van der Waals surface area contributed by atoms with E-state index in [0.29, 0.717) is 0 Å². The molecule has 0 unspecified atom stereocenters. The molecular weight excluding hydrogens is 296 g/mol. The molecule has 1 heteroatoms. The zero-order chi connectivity index (χ0) is 16.8. The van der Waals surface area contributed by atoms with E-state index in [1.807, 2.05) is 12.2 Å². The summed E-state index contributed by atoms with van der Waals surface area (Å²) in [6, 6.07) is 0. The van der Waals surface area contributed by atoms with Crippen LogP contribution in [0.1, 0.15) is 103 Å². The predicted octanol–water partition coefficient (Wildman–Crippen LogP) is 8.33. The van der Waals surface area contributed by atoms with Crippen molar-refractivity contribution < 1.29 is 0 Å². The Kier molecular flexibility index (Phi) is 21.7. The first-order valence-electron chi connectivity index (χ1n) is 10.2. The van der Waals surface area contributed by atoms with Crippen LogP contribution in [0.25, 0.3) is 0 Å². The van der Waals surface area contributed by atoms with Gasteiger partial charge in [0.15, 0.2) is 0 Å². The number of rotatable bonds is 20. The minimum absolute atomic E-state index is 1.20. The second-order valence-corrected chi connectivity index (χ2v) is 7.94. The van der Waals surface area contributed by atoms with Gasteiger partial charge in [-0.25, -0.2) is 0 Å². The molecule has 0 aliphatic rings. The average Bonchev–Trinajstić information content (AvgIpc) is 2.57. The Labute approximate surface area is 151 Å². The zero-order valence-electron chi connectivity index (χ0n) is 15.7. The van der Waals surface area contributed by atoms with Crippen molar-refractivity contribution in [1.29, 1.82) is 0 Å². The lowest BCUT2D eigenvalue weighted by molar-refractivity contribution is 0.591. The van der Waals surface area contributed by atoms with Crippen molar-refractivity contribution in [3.8, 4) is 0 Å². The molecule has 23 heavy (non-hydrogen) atoms. The summed E-state index contributed by atoms with van der Waals surface area (Å²) >= 11 is 2.18. The molecule has 0 saturated carbocycles. The SMILES string of the molecule is C=CCCCCCCCCCSCCCCCCCCCC=C. The molecule has 0 nitrogen and oxygen atoms in total. The minimum atomic E-state index is 1.20. The lowest BCUT2D eigenvalue weighted by atomic mass is 10.1. The van der Waals surface area contributed by atoms with Gasteiger partial charge in [0.2, 0.25) is 0 Å². The van der Waals surface area contributed by atoms with Crippen LogP contribution in [-0.4, -0.2) is 11.5 Å². The maximum Gasteiger partial charge on any atom is -0.00675 e. The highest BCUT2D eigenvalue weighted by molar-refractivity contribution is 7.99. The van der Waals surface area contributed by atoms with E-state index >= 15 is 0 Å². The molecular formula is C22H42S. The topological polar surface area (TPSA) is 0 Å². The lowest BCUT2D eigenvalue weighted by Gasteiger charge is -2.03. The van der Waals surface area contributed by atoms with E-state index in [2.05, 4.69) is 24.9 Å². The van der Waals surface area contributed by atoms with Crippen molar-refractivity contribution in [1.82, 2.24) is 0 Å². The summed E-state index contributed by atoms with van der Waals surface area (Å²) in [4.78, 5) is 0. The van der Waals surface area contributed by atoms with Crippen LogP contribution in [0, 0.1) is 0 Å². The molecule has 0 aliphatic heterocycles. The van der Waals surface area contributed by atoms with E-state index in [4.69, 9.17) is 0 Å². The van der Waals surface area contributed by atoms with Crippen molar-refractivity contribution in [2.24, 2.45) is 0 Å². The monoisotopic (exact) mass is 338 g/mol. The summed E-state index contributed by atoms with van der Waals surface area (Å²) < 4.78 is 0. The van der Waals surface area contributed by atoms with Crippen LogP contribution in [0.2, 0.25) is 0 Å². The van der Waals surface area contributed by atoms with Gasteiger partial charge < -0.3 is 0 Å². The van der Waals surface area contributed by atoms with Gasteiger partial charge in [-0.3, -0.25) is 0 Å². The van der Waals surface area contributed by atoms with Crippen molar-refractivity contribution in [2.45, 2.75) is 103 Å². The van der Waals surface area contributed by atoms with Crippen LogP contribution in [0.15, 0.2) is 25.3 Å². The molecule has 0 fully saturated rings. The van der Waals surface area contributed by atoms with E-state index in [1.165, 1.54) is 114 Å². The van der Waals surface area contributed by atoms with E-state index in [1.54, 1.807) is 0 Å². The van der Waals surface area contributed by atoms with Gasteiger partial charge >= 0.3 is 0 Å². The quantitative estimate of drug-likeness (QED) is 0.159. The first-order valence-corrected chi connectivity index (χ1v) is 11.4. The fourth-order valence-electron chi connectivity index (χ4n) is 2.86. The number of hydrogen-bond acceptors (Lipinski definition) is 1. The standard InChI is InChI=1S/C22H42S/c1-3-5-7-9-11-13-15-17-19-21-23-22-20-18-16-14-12-10-8-6-4-2/h3-4H,1-2,5-22H2. The maximum atomic E-state index is 3.77. The molecule has 0 aromatic rings. The molecule has 0 amide bonds. The van der Waals surface area contributed by atoms with E-state index < -0.39 is 0 Å². The molecule has 0 aliphatic carbocycles. The van der Waals surface area contributed by atoms with Gasteiger partial charge in [-0.2, -0.15) is 11.8 Å². The molecule has 0 heterocycles. The molecule has 0 aromatic heterocycles. The molecule has 136 valence electrons. The Morgan fingerprint density at radius 3 is 1.09 bits per heavy atom. The third-order valence-corrected chi connectivity index (χ3v) is 5.55. The van der Waals surface area contributed by atoms with Crippen LogP contribution in [0.3, 0.4) is 0 Å². The predicted molar refractivity (Wildman–Crippen MR) is 112 cm³/mol. The fourth-order valence-corrected chi connectivity index (χ4v) is 3.88. The van der Waals surface area contributed by atoms with Crippen molar-refractivity contribution in [2.75, 3.05) is 11.5 Å². The van der Waals surface area contributed by atoms with Gasteiger partial charge in [0.1, 0.15) is 0 Å². The van der Waals surface area contributed by atoms with Crippen LogP contribution < -0.4 is 0 Å². The largest absolute Gasteiger partial charge is 0.162 e. The van der Waals surface area contributed by atoms with Gasteiger partial charge in [0.05, 0.1) is 0 Å². The summed E-state index contributed by atoms with van der Waals surface area (Å²) in [6.07, 6.45) is 26.3. The summed E-state index contributed by atoms with van der Waals surface area (Å²) in [5.41, 5.74) is 0. The number of hydrogen-bond donors (Lipinski definition) is 0. The van der Waals surface area contributed by atoms with Crippen molar-refractivity contribution in [3.05, 3.63) is 25.3 Å². The Morgan fingerprint density at radius 2 is 0.739 bits per heavy atom. The van der Waals surface area contributed by atoms with E-state index in [-0.39, 0.29) is 0 Å². The molecule has 0 spiro atoms. The zero-order valence-corrected chi connectivity index (χ0v) is 16.5. The van der Waals surface area contributed by atoms with Gasteiger partial charge in [-0.05, 0) is 50.0 Å². The molecule has 0 saturated heterocycles. The molecule has 0 aromatic carbocycles. The third-order valence-electron chi connectivity index (χ3n) is 4.39. The van der Waals surface area contributed by atoms with Crippen LogP contribution in [-0.2, 0) is 0 Å². The summed E-state index contributed by atoms with van der Waals surface area (Å²) in [7, 11) is 0. The van der Waals surface area contributed by atoms with Crippen molar-refractivity contribution in [3.63, 3.8) is 0 Å². The molecule has 0 atom stereocenters. The summed E-state index contributed by atoms with van der Waals surface area (Å²) in [6.45, 7) is 7.54. The highest BCUT2D eigenvalue weighted by atomic mass is 32.2.